The molecule has 0 fully saturated rings. The molecule has 8 nitrogen and oxygen atoms in total. The lowest BCUT2D eigenvalue weighted by atomic mass is 10.5. The molecule has 1 heterocycles. The lowest BCUT2D eigenvalue weighted by molar-refractivity contribution is -0.136. The first kappa shape index (κ1) is 9.86. The van der Waals surface area contributed by atoms with E-state index in [1.165, 1.54) is 6.07 Å². The van der Waals surface area contributed by atoms with Crippen molar-refractivity contribution in [1.29, 1.82) is 0 Å². The van der Waals surface area contributed by atoms with E-state index >= 15 is 0 Å². The highest BCUT2D eigenvalue weighted by Gasteiger charge is 2.11. The summed E-state index contributed by atoms with van der Waals surface area (Å²) in [4.78, 5) is 32.1. The van der Waals surface area contributed by atoms with Gasteiger partial charge in [-0.3, -0.25) is 19.8 Å². The molecule has 0 aliphatic heterocycles. The summed E-state index contributed by atoms with van der Waals surface area (Å²) in [7, 11) is 0. The minimum Gasteiger partial charge on any atom is -0.301 e. The number of amides is 2. The first-order valence-electron chi connectivity index (χ1n) is 3.51. The number of nitrogens with zero attached hydrogens (tertiary/aromatic N) is 1. The number of nitrogens with two attached hydrogens (primary N) is 1. The highest BCUT2D eigenvalue weighted by Crippen LogP contribution is 1.94. The number of hydrogen-bond acceptors (Lipinski definition) is 5. The maximum atomic E-state index is 10.9. The van der Waals surface area contributed by atoms with E-state index in [1.807, 2.05) is 0 Å². The van der Waals surface area contributed by atoms with E-state index in [1.54, 1.807) is 5.43 Å². The molecule has 0 aliphatic carbocycles. The van der Waals surface area contributed by atoms with Crippen LogP contribution in [0.25, 0.3) is 0 Å². The predicted molar refractivity (Wildman–Crippen MR) is 45.8 cm³/mol. The molecule has 74 valence electrons. The molecule has 0 radical (unpaired) electrons. The molecule has 0 unspecified atom stereocenters. The van der Waals surface area contributed by atoms with Crippen molar-refractivity contribution in [3.63, 3.8) is 0 Å². The smallest absolute Gasteiger partial charge is 0.301 e. The molecule has 5 N–H and O–H groups in total. The van der Waals surface area contributed by atoms with Gasteiger partial charge in [-0.1, -0.05) is 0 Å². The monoisotopic (exact) mass is 197 g/mol. The van der Waals surface area contributed by atoms with Gasteiger partial charge in [-0.2, -0.15) is 5.10 Å². The van der Waals surface area contributed by atoms with Crippen molar-refractivity contribution >= 4 is 17.6 Å². The highest BCUT2D eigenvalue weighted by atomic mass is 16.2. The highest BCUT2D eigenvalue weighted by molar-refractivity contribution is 6.39. The van der Waals surface area contributed by atoms with E-state index < -0.39 is 17.4 Å². The standard InChI is InChI=1S/C6H7N5O3/c7-9-6(14)5(13)8-3-1-2-4(12)11-10-3/h1-2H,7H2,(H,9,14)(H,11,12)(H,8,10,13). The minimum absolute atomic E-state index is 0.0539. The van der Waals surface area contributed by atoms with E-state index in [0.717, 1.165) is 6.07 Å². The molecule has 0 spiro atoms. The Balaban J connectivity index is 2.70. The maximum absolute atomic E-state index is 10.9. The van der Waals surface area contributed by atoms with Crippen molar-refractivity contribution < 1.29 is 9.59 Å². The van der Waals surface area contributed by atoms with Crippen LogP contribution in [-0.2, 0) is 9.59 Å². The molecular formula is C6H7N5O3. The molecule has 0 saturated heterocycles. The number of H-pyrrole nitrogens is 1. The van der Waals surface area contributed by atoms with Crippen LogP contribution in [-0.4, -0.2) is 22.0 Å². The van der Waals surface area contributed by atoms with E-state index in [9.17, 15) is 14.4 Å². The van der Waals surface area contributed by atoms with Crippen molar-refractivity contribution in [3.8, 4) is 0 Å². The SMILES string of the molecule is NNC(=O)C(=O)Nc1ccc(=O)[nH]n1. The fraction of sp³-hybridized carbons (Fsp3) is 0. The average Bonchev–Trinajstić information content (AvgIpc) is 2.20. The molecule has 0 bridgehead atoms. The fourth-order valence-electron chi connectivity index (χ4n) is 0.653. The topological polar surface area (TPSA) is 130 Å². The van der Waals surface area contributed by atoms with Crippen LogP contribution in [0.5, 0.6) is 0 Å². The van der Waals surface area contributed by atoms with Crippen molar-refractivity contribution in [3.05, 3.63) is 22.5 Å². The molecule has 0 aromatic carbocycles. The van der Waals surface area contributed by atoms with Crippen LogP contribution in [0.3, 0.4) is 0 Å². The van der Waals surface area contributed by atoms with E-state index in [0.29, 0.717) is 0 Å². The molecule has 14 heavy (non-hydrogen) atoms. The lowest BCUT2D eigenvalue weighted by Gasteiger charge is -2.00. The second kappa shape index (κ2) is 4.14. The van der Waals surface area contributed by atoms with Crippen LogP contribution in [0.15, 0.2) is 16.9 Å². The van der Waals surface area contributed by atoms with Gasteiger partial charge in [-0.05, 0) is 6.07 Å². The summed E-state index contributed by atoms with van der Waals surface area (Å²) in [6, 6.07) is 2.41. The number of carbonyl (C=O) groups excluding carboxylic acids is 2. The van der Waals surface area contributed by atoms with E-state index in [2.05, 4.69) is 15.5 Å². The number of rotatable bonds is 1. The molecule has 0 atom stereocenters. The third-order valence-electron chi connectivity index (χ3n) is 1.26. The molecule has 1 aromatic rings. The van der Waals surface area contributed by atoms with Crippen molar-refractivity contribution in [1.82, 2.24) is 15.6 Å². The van der Waals surface area contributed by atoms with Gasteiger partial charge in [0, 0.05) is 6.07 Å². The normalized spacial score (nSPS) is 9.21. The van der Waals surface area contributed by atoms with Crippen molar-refractivity contribution in [2.75, 3.05) is 5.32 Å². The summed E-state index contributed by atoms with van der Waals surface area (Å²) >= 11 is 0. The Kier molecular flexibility index (Phi) is 2.92. The Morgan fingerprint density at radius 2 is 2.07 bits per heavy atom. The first-order valence-corrected chi connectivity index (χ1v) is 3.51. The van der Waals surface area contributed by atoms with Crippen molar-refractivity contribution in [2.45, 2.75) is 0 Å². The van der Waals surface area contributed by atoms with Gasteiger partial charge < -0.3 is 5.32 Å². The minimum atomic E-state index is -1.00. The Morgan fingerprint density at radius 3 is 2.57 bits per heavy atom. The largest absolute Gasteiger partial charge is 0.323 e. The summed E-state index contributed by atoms with van der Waals surface area (Å²) in [5.41, 5.74) is 1.23. The Hall–Kier alpha value is -2.22. The Bertz CT molecular complexity index is 392. The number of aromatic amines is 1. The zero-order chi connectivity index (χ0) is 10.6. The molecule has 1 rings (SSSR count). The quantitative estimate of drug-likeness (QED) is 0.174. The van der Waals surface area contributed by atoms with Gasteiger partial charge in [0.25, 0.3) is 5.56 Å². The van der Waals surface area contributed by atoms with Gasteiger partial charge in [0.2, 0.25) is 0 Å². The van der Waals surface area contributed by atoms with Gasteiger partial charge in [0.15, 0.2) is 5.82 Å². The van der Waals surface area contributed by atoms with Gasteiger partial charge in [-0.15, -0.1) is 0 Å². The van der Waals surface area contributed by atoms with Crippen LogP contribution in [0.4, 0.5) is 5.82 Å². The van der Waals surface area contributed by atoms with E-state index in [4.69, 9.17) is 5.84 Å². The van der Waals surface area contributed by atoms with Gasteiger partial charge in [0.1, 0.15) is 0 Å². The maximum Gasteiger partial charge on any atom is 0.323 e. The first-order chi connectivity index (χ1) is 6.63. The summed E-state index contributed by atoms with van der Waals surface area (Å²) in [5, 5.41) is 7.63. The van der Waals surface area contributed by atoms with Gasteiger partial charge >= 0.3 is 11.8 Å². The Morgan fingerprint density at radius 1 is 1.36 bits per heavy atom. The van der Waals surface area contributed by atoms with Gasteiger partial charge in [-0.25, -0.2) is 10.9 Å². The van der Waals surface area contributed by atoms with Crippen molar-refractivity contribution in [2.24, 2.45) is 5.84 Å². The lowest BCUT2D eigenvalue weighted by Crippen LogP contribution is -2.39. The molecular weight excluding hydrogens is 190 g/mol. The molecule has 2 amide bonds. The van der Waals surface area contributed by atoms with Crippen LogP contribution in [0, 0.1) is 0 Å². The molecule has 0 aliphatic rings. The number of nitrogens with one attached hydrogen (secondary N) is 3. The number of anilines is 1. The van der Waals surface area contributed by atoms with Gasteiger partial charge in [0.05, 0.1) is 0 Å². The number of hydrogen-bond donors (Lipinski definition) is 4. The number of hydrazine groups is 1. The zero-order valence-corrected chi connectivity index (χ0v) is 6.90. The van der Waals surface area contributed by atoms with Crippen LogP contribution >= 0.6 is 0 Å². The summed E-state index contributed by atoms with van der Waals surface area (Å²) < 4.78 is 0. The molecule has 1 aromatic heterocycles. The predicted octanol–water partition coefficient (Wildman–Crippen LogP) is -2.30. The van der Waals surface area contributed by atoms with E-state index in [-0.39, 0.29) is 5.82 Å². The number of carbonyl (C=O) groups is 2. The summed E-state index contributed by atoms with van der Waals surface area (Å²) in [6.45, 7) is 0. The van der Waals surface area contributed by atoms with Crippen LogP contribution in [0.2, 0.25) is 0 Å². The molecule has 8 heteroatoms. The summed E-state index contributed by atoms with van der Waals surface area (Å²) in [6.07, 6.45) is 0. The zero-order valence-electron chi connectivity index (χ0n) is 6.90. The van der Waals surface area contributed by atoms with Crippen LogP contribution < -0.4 is 22.1 Å². The second-order valence-corrected chi connectivity index (χ2v) is 2.23. The number of aromatic nitrogens is 2. The fourth-order valence-corrected chi connectivity index (χ4v) is 0.653. The Labute approximate surface area is 77.5 Å². The average molecular weight is 197 g/mol. The second-order valence-electron chi connectivity index (χ2n) is 2.23. The summed E-state index contributed by atoms with van der Waals surface area (Å²) in [5.74, 6) is 2.80. The third-order valence-corrected chi connectivity index (χ3v) is 1.26. The molecule has 0 saturated carbocycles. The van der Waals surface area contributed by atoms with Crippen LogP contribution in [0.1, 0.15) is 0 Å². The third kappa shape index (κ3) is 2.38.